The predicted molar refractivity (Wildman–Crippen MR) is 87.1 cm³/mol. The molecule has 0 aromatic rings. The molecule has 2 saturated heterocycles. The Bertz CT molecular complexity index is 474. The molecule has 2 aliphatic heterocycles. The van der Waals surface area contributed by atoms with E-state index in [4.69, 9.17) is 0 Å². The Morgan fingerprint density at radius 2 is 1.82 bits per heavy atom. The molecule has 2 atom stereocenters. The van der Waals surface area contributed by atoms with Gasteiger partial charge in [-0.2, -0.15) is 4.31 Å². The normalized spacial score (nSPS) is 26.0. The first kappa shape index (κ1) is 17.7. The smallest absolute Gasteiger partial charge is 0.238 e. The lowest BCUT2D eigenvalue weighted by molar-refractivity contribution is -0.125. The zero-order valence-electron chi connectivity index (χ0n) is 13.8. The first-order valence-electron chi connectivity index (χ1n) is 8.42. The van der Waals surface area contributed by atoms with E-state index in [1.807, 2.05) is 0 Å². The molecule has 2 aliphatic rings. The number of sulfonamides is 1. The van der Waals surface area contributed by atoms with E-state index in [0.717, 1.165) is 32.4 Å². The Morgan fingerprint density at radius 3 is 2.41 bits per heavy atom. The number of nitrogens with one attached hydrogen (secondary N) is 1. The number of rotatable bonds is 6. The molecule has 128 valence electrons. The van der Waals surface area contributed by atoms with Gasteiger partial charge in [-0.3, -0.25) is 9.69 Å². The molecule has 2 heterocycles. The van der Waals surface area contributed by atoms with Crippen LogP contribution in [0, 0.1) is 0 Å². The maximum Gasteiger partial charge on any atom is 0.238 e. The Hall–Kier alpha value is -0.660. The Kier molecular flexibility index (Phi) is 6.23. The summed E-state index contributed by atoms with van der Waals surface area (Å²) in [5.74, 6) is -0.136. The summed E-state index contributed by atoms with van der Waals surface area (Å²) in [6.07, 6.45) is 7.03. The van der Waals surface area contributed by atoms with Crippen LogP contribution in [0.1, 0.15) is 45.4 Å². The number of carbonyl (C=O) groups excluding carboxylic acids is 1. The molecule has 0 aromatic heterocycles. The number of hydrogen-bond donors (Lipinski definition) is 1. The van der Waals surface area contributed by atoms with Crippen molar-refractivity contribution in [3.8, 4) is 0 Å². The highest BCUT2D eigenvalue weighted by molar-refractivity contribution is 7.88. The fourth-order valence-corrected chi connectivity index (χ4v) is 4.66. The van der Waals surface area contributed by atoms with Crippen molar-refractivity contribution < 1.29 is 13.2 Å². The quantitative estimate of drug-likeness (QED) is 0.781. The van der Waals surface area contributed by atoms with E-state index in [-0.39, 0.29) is 5.91 Å². The van der Waals surface area contributed by atoms with Crippen LogP contribution >= 0.6 is 0 Å². The second-order valence-corrected chi connectivity index (χ2v) is 8.37. The van der Waals surface area contributed by atoms with Gasteiger partial charge in [0.1, 0.15) is 6.04 Å². The van der Waals surface area contributed by atoms with Crippen LogP contribution in [0.15, 0.2) is 0 Å². The third-order valence-electron chi connectivity index (χ3n) is 4.82. The van der Waals surface area contributed by atoms with Crippen LogP contribution in [0.2, 0.25) is 0 Å². The van der Waals surface area contributed by atoms with Crippen LogP contribution in [0.5, 0.6) is 0 Å². The van der Waals surface area contributed by atoms with Gasteiger partial charge in [0.2, 0.25) is 15.9 Å². The highest BCUT2D eigenvalue weighted by Gasteiger charge is 2.34. The van der Waals surface area contributed by atoms with E-state index in [9.17, 15) is 13.2 Å². The molecule has 1 N–H and O–H groups in total. The van der Waals surface area contributed by atoms with Crippen LogP contribution < -0.4 is 5.32 Å². The molecule has 0 aromatic carbocycles. The summed E-state index contributed by atoms with van der Waals surface area (Å²) in [6, 6.07) is -0.165. The maximum absolute atomic E-state index is 12.5. The van der Waals surface area contributed by atoms with Gasteiger partial charge in [0, 0.05) is 19.1 Å². The molecular formula is C15H29N3O3S. The molecular weight excluding hydrogens is 302 g/mol. The molecule has 0 bridgehead atoms. The van der Waals surface area contributed by atoms with Gasteiger partial charge in [0.15, 0.2) is 0 Å². The summed E-state index contributed by atoms with van der Waals surface area (Å²) in [5.41, 5.74) is 0. The van der Waals surface area contributed by atoms with Crippen molar-refractivity contribution in [1.82, 2.24) is 14.5 Å². The lowest BCUT2D eigenvalue weighted by Gasteiger charge is -2.33. The van der Waals surface area contributed by atoms with Gasteiger partial charge in [-0.1, -0.05) is 13.3 Å². The number of hydrogen-bond acceptors (Lipinski definition) is 4. The molecule has 0 aliphatic carbocycles. The molecule has 7 heteroatoms. The average molecular weight is 331 g/mol. The van der Waals surface area contributed by atoms with Crippen molar-refractivity contribution in [2.24, 2.45) is 0 Å². The minimum atomic E-state index is -3.32. The maximum atomic E-state index is 12.5. The zero-order valence-corrected chi connectivity index (χ0v) is 14.6. The summed E-state index contributed by atoms with van der Waals surface area (Å²) in [5, 5.41) is 3.00. The van der Waals surface area contributed by atoms with E-state index in [1.165, 1.54) is 23.4 Å². The summed E-state index contributed by atoms with van der Waals surface area (Å²) in [6.45, 7) is 5.42. The highest BCUT2D eigenvalue weighted by atomic mass is 32.2. The van der Waals surface area contributed by atoms with Gasteiger partial charge < -0.3 is 5.32 Å². The predicted octanol–water partition coefficient (Wildman–Crippen LogP) is 0.791. The number of carbonyl (C=O) groups is 1. The van der Waals surface area contributed by atoms with Crippen molar-refractivity contribution in [3.63, 3.8) is 0 Å². The third-order valence-corrected chi connectivity index (χ3v) is 6.11. The summed E-state index contributed by atoms with van der Waals surface area (Å²) in [7, 11) is -3.32. The zero-order chi connectivity index (χ0) is 16.2. The monoisotopic (exact) mass is 331 g/mol. The molecule has 1 amide bonds. The largest absolute Gasteiger partial charge is 0.353 e. The number of piperidine rings is 1. The first-order chi connectivity index (χ1) is 10.4. The second kappa shape index (κ2) is 7.75. The van der Waals surface area contributed by atoms with Crippen LogP contribution in [-0.4, -0.2) is 68.0 Å². The fraction of sp³-hybridized carbons (Fsp3) is 0.933. The first-order valence-corrected chi connectivity index (χ1v) is 10.3. The molecule has 0 saturated carbocycles. The summed E-state index contributed by atoms with van der Waals surface area (Å²) >= 11 is 0. The van der Waals surface area contributed by atoms with E-state index in [1.54, 1.807) is 0 Å². The summed E-state index contributed by atoms with van der Waals surface area (Å²) < 4.78 is 25.0. The molecule has 22 heavy (non-hydrogen) atoms. The number of nitrogens with zero attached hydrogens (tertiary/aromatic N) is 2. The Balaban J connectivity index is 1.92. The van der Waals surface area contributed by atoms with Crippen LogP contribution in [-0.2, 0) is 14.8 Å². The second-order valence-electron chi connectivity index (χ2n) is 6.44. The molecule has 2 fully saturated rings. The average Bonchev–Trinajstić information content (AvgIpc) is 3.01. The molecule has 0 unspecified atom stereocenters. The van der Waals surface area contributed by atoms with E-state index >= 15 is 0 Å². The third kappa shape index (κ3) is 4.43. The van der Waals surface area contributed by atoms with Crippen molar-refractivity contribution in [2.45, 2.75) is 57.5 Å². The minimum Gasteiger partial charge on any atom is -0.353 e. The van der Waals surface area contributed by atoms with E-state index in [2.05, 4.69) is 17.1 Å². The molecule has 6 nitrogen and oxygen atoms in total. The molecule has 2 rings (SSSR count). The lowest BCUT2D eigenvalue weighted by atomic mass is 10.0. The highest BCUT2D eigenvalue weighted by Crippen LogP contribution is 2.20. The van der Waals surface area contributed by atoms with Crippen LogP contribution in [0.25, 0.3) is 0 Å². The van der Waals surface area contributed by atoms with Gasteiger partial charge in [0.05, 0.1) is 6.26 Å². The number of likely N-dealkylation sites (tertiary alicyclic amines) is 1. The topological polar surface area (TPSA) is 69.7 Å². The molecule has 0 radical (unpaired) electrons. The van der Waals surface area contributed by atoms with Crippen molar-refractivity contribution in [3.05, 3.63) is 0 Å². The van der Waals surface area contributed by atoms with Crippen LogP contribution in [0.3, 0.4) is 0 Å². The minimum absolute atomic E-state index is 0.136. The molecule has 0 spiro atoms. The van der Waals surface area contributed by atoms with Gasteiger partial charge >= 0.3 is 0 Å². The van der Waals surface area contributed by atoms with E-state index in [0.29, 0.717) is 25.6 Å². The lowest BCUT2D eigenvalue weighted by Crippen LogP contribution is -2.53. The summed E-state index contributed by atoms with van der Waals surface area (Å²) in [4.78, 5) is 14.9. The van der Waals surface area contributed by atoms with Gasteiger partial charge in [-0.05, 0) is 45.2 Å². The standard InChI is InChI=1S/C15H29N3O3S/c1-3-13(17-9-6-7-10-17)12-16-15(19)14-8-4-5-11-18(14)22(2,20)21/h13-14H,3-12H2,1-2H3,(H,16,19)/t13-,14-/m0/s1. The number of amides is 1. The van der Waals surface area contributed by atoms with Crippen LogP contribution in [0.4, 0.5) is 0 Å². The Labute approximate surface area is 134 Å². The van der Waals surface area contributed by atoms with Gasteiger partial charge in [0.25, 0.3) is 0 Å². The SMILES string of the molecule is CC[C@@H](CNC(=O)[C@@H]1CCCCN1S(C)(=O)=O)N1CCCC1. The van der Waals surface area contributed by atoms with Gasteiger partial charge in [-0.15, -0.1) is 0 Å². The van der Waals surface area contributed by atoms with E-state index < -0.39 is 16.1 Å². The fourth-order valence-electron chi connectivity index (χ4n) is 3.54. The van der Waals surface area contributed by atoms with Gasteiger partial charge in [-0.25, -0.2) is 8.42 Å². The Morgan fingerprint density at radius 1 is 1.18 bits per heavy atom. The van der Waals surface area contributed by atoms with Crippen molar-refractivity contribution >= 4 is 15.9 Å². The van der Waals surface area contributed by atoms with Crippen molar-refractivity contribution in [1.29, 1.82) is 0 Å². The van der Waals surface area contributed by atoms with Crippen molar-refractivity contribution in [2.75, 3.05) is 32.4 Å².